The molecule has 0 aliphatic rings. The maximum absolute atomic E-state index is 6.88. The highest BCUT2D eigenvalue weighted by atomic mass is 16.3. The van der Waals surface area contributed by atoms with Crippen LogP contribution in [-0.2, 0) is 0 Å². The Morgan fingerprint density at radius 3 is 1.21 bits per heavy atom. The van der Waals surface area contributed by atoms with Crippen molar-refractivity contribution in [1.82, 2.24) is 9.97 Å². The maximum atomic E-state index is 6.88. The Hall–Kier alpha value is -7.10. The van der Waals surface area contributed by atoms with Gasteiger partial charge in [0, 0.05) is 57.8 Å². The molecule has 0 aliphatic heterocycles. The Kier molecular flexibility index (Phi) is 6.55. The number of pyridine rings is 2. The Balaban J connectivity index is 1.18. The lowest BCUT2D eigenvalue weighted by Crippen LogP contribution is -1.91. The molecule has 11 aromatic rings. The Morgan fingerprint density at radius 2 is 0.755 bits per heavy atom. The number of hydrogen-bond acceptors (Lipinski definition) is 3. The Bertz CT molecular complexity index is 3100. The Morgan fingerprint density at radius 1 is 0.321 bits per heavy atom. The van der Waals surface area contributed by atoms with Crippen molar-refractivity contribution in [1.29, 1.82) is 0 Å². The molecule has 0 radical (unpaired) electrons. The van der Waals surface area contributed by atoms with E-state index in [1.165, 1.54) is 65.3 Å². The van der Waals surface area contributed by atoms with E-state index in [2.05, 4.69) is 156 Å². The maximum Gasteiger partial charge on any atom is 0.143 e. The fourth-order valence-electron chi connectivity index (χ4n) is 8.65. The van der Waals surface area contributed by atoms with Crippen LogP contribution in [0.2, 0.25) is 0 Å². The minimum Gasteiger partial charge on any atom is -0.455 e. The summed E-state index contributed by atoms with van der Waals surface area (Å²) in [4.78, 5) is 8.96. The summed E-state index contributed by atoms with van der Waals surface area (Å²) in [5.41, 5.74) is 11.0. The smallest absolute Gasteiger partial charge is 0.143 e. The quantitative estimate of drug-likeness (QED) is 0.174. The first-order valence-electron chi connectivity index (χ1n) is 18.0. The van der Waals surface area contributed by atoms with Crippen molar-refractivity contribution in [2.75, 3.05) is 0 Å². The van der Waals surface area contributed by atoms with Gasteiger partial charge in [-0.15, -0.1) is 0 Å². The van der Waals surface area contributed by atoms with Gasteiger partial charge in [0.2, 0.25) is 0 Å². The van der Waals surface area contributed by atoms with Gasteiger partial charge in [0.15, 0.2) is 0 Å². The van der Waals surface area contributed by atoms with E-state index < -0.39 is 0 Å². The van der Waals surface area contributed by atoms with Crippen LogP contribution in [0.3, 0.4) is 0 Å². The number of rotatable bonds is 4. The third-order valence-corrected chi connectivity index (χ3v) is 10.8. The molecule has 8 aromatic carbocycles. The van der Waals surface area contributed by atoms with Gasteiger partial charge in [-0.2, -0.15) is 0 Å². The molecule has 0 saturated heterocycles. The molecule has 0 fully saturated rings. The summed E-state index contributed by atoms with van der Waals surface area (Å²) in [5.74, 6) is 0. The molecule has 0 N–H and O–H groups in total. The van der Waals surface area contributed by atoms with Gasteiger partial charge in [0.25, 0.3) is 0 Å². The van der Waals surface area contributed by atoms with Crippen LogP contribution in [0.5, 0.6) is 0 Å². The van der Waals surface area contributed by atoms with Crippen molar-refractivity contribution in [2.24, 2.45) is 0 Å². The van der Waals surface area contributed by atoms with Crippen LogP contribution in [0, 0.1) is 0 Å². The molecule has 3 heteroatoms. The average molecular weight is 675 g/mol. The summed E-state index contributed by atoms with van der Waals surface area (Å²) in [6.07, 6.45) is 7.59. The number of hydrogen-bond donors (Lipinski definition) is 0. The van der Waals surface area contributed by atoms with Crippen molar-refractivity contribution >= 4 is 65.0 Å². The van der Waals surface area contributed by atoms with Crippen molar-refractivity contribution in [2.45, 2.75) is 0 Å². The van der Waals surface area contributed by atoms with Crippen molar-refractivity contribution in [3.63, 3.8) is 0 Å². The number of furan rings is 1. The number of benzene rings is 8. The summed E-state index contributed by atoms with van der Waals surface area (Å²) >= 11 is 0. The number of nitrogens with zero attached hydrogens (tertiary/aromatic N) is 2. The summed E-state index contributed by atoms with van der Waals surface area (Å²) in [7, 11) is 0. The van der Waals surface area contributed by atoms with Gasteiger partial charge in [-0.1, -0.05) is 133 Å². The highest BCUT2D eigenvalue weighted by molar-refractivity contribution is 6.25. The van der Waals surface area contributed by atoms with Crippen molar-refractivity contribution < 1.29 is 4.42 Å². The Labute approximate surface area is 305 Å². The molecule has 246 valence electrons. The van der Waals surface area contributed by atoms with Gasteiger partial charge in [-0.05, 0) is 89.6 Å². The fraction of sp³-hybridized carbons (Fsp3) is 0. The molecule has 11 rings (SSSR count). The second kappa shape index (κ2) is 11.7. The van der Waals surface area contributed by atoms with Gasteiger partial charge in [-0.25, -0.2) is 0 Å². The molecule has 0 unspecified atom stereocenters. The molecule has 53 heavy (non-hydrogen) atoms. The van der Waals surface area contributed by atoms with E-state index in [1.54, 1.807) is 0 Å². The van der Waals surface area contributed by atoms with Crippen molar-refractivity contribution in [3.05, 3.63) is 183 Å². The number of aromatic nitrogens is 2. The molecular formula is C50H30N2O. The first-order chi connectivity index (χ1) is 26.3. The van der Waals surface area contributed by atoms with Gasteiger partial charge in [0.1, 0.15) is 11.2 Å². The standard InChI is InChI=1S/C50H30N2O/c1-3-16-36-34(14-1)46(35-15-2-4-17-37(35)47(36)32-12-10-26-51-29-32)31-24-25-45-44(28-31)42-22-9-23-43(50(42)53-45)49-40-20-7-5-18-38(40)48(33-13-11-27-52-30-33)39-19-6-8-21-41(39)49/h1-30H. The van der Waals surface area contributed by atoms with E-state index in [4.69, 9.17) is 4.42 Å². The number of para-hydroxylation sites is 1. The molecule has 0 bridgehead atoms. The van der Waals surface area contributed by atoms with E-state index in [1.807, 2.05) is 36.9 Å². The van der Waals surface area contributed by atoms with Crippen LogP contribution in [0.1, 0.15) is 0 Å². The molecule has 3 aromatic heterocycles. The monoisotopic (exact) mass is 674 g/mol. The summed E-state index contributed by atoms with van der Waals surface area (Å²) in [6.45, 7) is 0. The molecule has 0 saturated carbocycles. The second-order valence-corrected chi connectivity index (χ2v) is 13.7. The molecule has 3 heterocycles. The van der Waals surface area contributed by atoms with Gasteiger partial charge < -0.3 is 4.42 Å². The minimum absolute atomic E-state index is 0.873. The molecular weight excluding hydrogens is 645 g/mol. The largest absolute Gasteiger partial charge is 0.455 e. The van der Waals surface area contributed by atoms with Gasteiger partial charge in [-0.3, -0.25) is 9.97 Å². The summed E-state index contributed by atoms with van der Waals surface area (Å²) < 4.78 is 6.88. The number of fused-ring (bicyclic) bond motifs is 7. The van der Waals surface area contributed by atoms with E-state index in [-0.39, 0.29) is 0 Å². The zero-order chi connectivity index (χ0) is 34.9. The van der Waals surface area contributed by atoms with Crippen LogP contribution < -0.4 is 0 Å². The fourth-order valence-corrected chi connectivity index (χ4v) is 8.65. The first kappa shape index (κ1) is 29.6. The lowest BCUT2D eigenvalue weighted by molar-refractivity contribution is 0.670. The average Bonchev–Trinajstić information content (AvgIpc) is 3.61. The third-order valence-electron chi connectivity index (χ3n) is 10.8. The first-order valence-corrected chi connectivity index (χ1v) is 18.0. The van der Waals surface area contributed by atoms with Crippen LogP contribution in [-0.4, -0.2) is 9.97 Å². The second-order valence-electron chi connectivity index (χ2n) is 13.7. The van der Waals surface area contributed by atoms with E-state index in [0.717, 1.165) is 44.2 Å². The van der Waals surface area contributed by atoms with Crippen LogP contribution in [0.25, 0.3) is 110 Å². The minimum atomic E-state index is 0.873. The highest BCUT2D eigenvalue weighted by Gasteiger charge is 2.22. The van der Waals surface area contributed by atoms with Gasteiger partial charge in [0.05, 0.1) is 0 Å². The third kappa shape index (κ3) is 4.47. The predicted octanol–water partition coefficient (Wildman–Crippen LogP) is 13.7. The molecule has 0 amide bonds. The van der Waals surface area contributed by atoms with E-state index >= 15 is 0 Å². The van der Waals surface area contributed by atoms with Crippen molar-refractivity contribution in [3.8, 4) is 44.5 Å². The SMILES string of the molecule is c1cncc(-c2c3ccccc3c(-c3ccc4oc5c(-c6c7ccccc7c(-c7cccnc7)c7ccccc67)cccc5c4c3)c3ccccc23)c1. The lowest BCUT2D eigenvalue weighted by Gasteiger charge is -2.17. The molecule has 3 nitrogen and oxygen atoms in total. The van der Waals surface area contributed by atoms with Gasteiger partial charge >= 0.3 is 0 Å². The lowest BCUT2D eigenvalue weighted by atomic mass is 9.85. The highest BCUT2D eigenvalue weighted by Crippen LogP contribution is 2.48. The summed E-state index contributed by atoms with van der Waals surface area (Å²) in [5, 5.41) is 11.8. The molecule has 0 spiro atoms. The van der Waals surface area contributed by atoms with Crippen LogP contribution >= 0.6 is 0 Å². The zero-order valence-corrected chi connectivity index (χ0v) is 28.6. The normalized spacial score (nSPS) is 11.8. The topological polar surface area (TPSA) is 38.9 Å². The predicted molar refractivity (Wildman–Crippen MR) is 221 cm³/mol. The molecule has 0 atom stereocenters. The summed E-state index contributed by atoms with van der Waals surface area (Å²) in [6, 6.07) is 56.6. The van der Waals surface area contributed by atoms with Crippen LogP contribution in [0.15, 0.2) is 187 Å². The van der Waals surface area contributed by atoms with Crippen LogP contribution in [0.4, 0.5) is 0 Å². The van der Waals surface area contributed by atoms with E-state index in [0.29, 0.717) is 0 Å². The zero-order valence-electron chi connectivity index (χ0n) is 28.6. The molecule has 0 aliphatic carbocycles. The van der Waals surface area contributed by atoms with E-state index in [9.17, 15) is 0 Å².